The van der Waals surface area contributed by atoms with Crippen LogP contribution in [0.5, 0.6) is 0 Å². The zero-order valence-corrected chi connectivity index (χ0v) is 20.1. The maximum absolute atomic E-state index is 13.3. The van der Waals surface area contributed by atoms with Gasteiger partial charge in [0, 0.05) is 48.5 Å². The van der Waals surface area contributed by atoms with Gasteiger partial charge < -0.3 is 15.5 Å². The fraction of sp³-hybridized carbons (Fsp3) is 0.320. The fourth-order valence-electron chi connectivity index (χ4n) is 4.27. The second kappa shape index (κ2) is 10.4. The first-order valence-corrected chi connectivity index (χ1v) is 12.2. The Balaban J connectivity index is 1.42. The third-order valence-corrected chi connectivity index (χ3v) is 7.12. The van der Waals surface area contributed by atoms with Gasteiger partial charge in [0.25, 0.3) is 0 Å². The Bertz CT molecular complexity index is 1010. The van der Waals surface area contributed by atoms with Crippen molar-refractivity contribution in [1.82, 2.24) is 10.2 Å². The summed E-state index contributed by atoms with van der Waals surface area (Å²) in [4.78, 5) is 6.18. The number of para-hydroxylation sites is 1. The van der Waals surface area contributed by atoms with Crippen molar-refractivity contribution in [2.45, 2.75) is 25.9 Å². The van der Waals surface area contributed by atoms with E-state index in [1.165, 1.54) is 17.0 Å². The van der Waals surface area contributed by atoms with Gasteiger partial charge in [0.15, 0.2) is 5.11 Å². The molecule has 0 amide bonds. The third-order valence-electron chi connectivity index (χ3n) is 5.96. The summed E-state index contributed by atoms with van der Waals surface area (Å²) in [6.07, 6.45) is 0. The summed E-state index contributed by atoms with van der Waals surface area (Å²) < 4.78 is 13.3. The second-order valence-corrected chi connectivity index (χ2v) is 9.55. The molecule has 4 rings (SSSR count). The molecule has 1 aliphatic rings. The topological polar surface area (TPSA) is 30.5 Å². The van der Waals surface area contributed by atoms with Gasteiger partial charge in [0.05, 0.1) is 6.04 Å². The molecule has 0 spiro atoms. The molecule has 0 saturated carbocycles. The Morgan fingerprint density at radius 3 is 2.38 bits per heavy atom. The van der Waals surface area contributed by atoms with Gasteiger partial charge in [-0.15, -0.1) is 11.3 Å². The average Bonchev–Trinajstić information content (AvgIpc) is 3.31. The van der Waals surface area contributed by atoms with Gasteiger partial charge in [0.2, 0.25) is 0 Å². The van der Waals surface area contributed by atoms with E-state index in [9.17, 15) is 4.39 Å². The smallest absolute Gasteiger partial charge is 0.171 e. The van der Waals surface area contributed by atoms with E-state index >= 15 is 0 Å². The summed E-state index contributed by atoms with van der Waals surface area (Å²) in [5.74, 6) is -0.194. The minimum Gasteiger partial charge on any atom is -0.369 e. The van der Waals surface area contributed by atoms with Gasteiger partial charge in [0.1, 0.15) is 5.82 Å². The van der Waals surface area contributed by atoms with Crippen LogP contribution in [0.4, 0.5) is 15.8 Å². The van der Waals surface area contributed by atoms with E-state index in [2.05, 4.69) is 57.9 Å². The molecule has 2 atom stereocenters. The summed E-state index contributed by atoms with van der Waals surface area (Å²) in [5, 5.41) is 9.63. The number of anilines is 2. The monoisotopic (exact) mass is 468 g/mol. The number of thiocarbonyl (C=S) groups is 1. The van der Waals surface area contributed by atoms with E-state index in [0.717, 1.165) is 43.1 Å². The van der Waals surface area contributed by atoms with Crippen molar-refractivity contribution in [1.29, 1.82) is 0 Å². The lowest BCUT2D eigenvalue weighted by Gasteiger charge is -2.42. The number of hydrogen-bond acceptors (Lipinski definition) is 4. The first kappa shape index (κ1) is 22.7. The van der Waals surface area contributed by atoms with E-state index in [0.29, 0.717) is 5.11 Å². The van der Waals surface area contributed by atoms with Gasteiger partial charge in [-0.3, -0.25) is 4.90 Å². The molecule has 2 aromatic carbocycles. The Labute approximate surface area is 199 Å². The van der Waals surface area contributed by atoms with Crippen molar-refractivity contribution in [2.75, 3.05) is 36.4 Å². The lowest BCUT2D eigenvalue weighted by Crippen LogP contribution is -2.52. The highest BCUT2D eigenvalue weighted by atomic mass is 32.1. The van der Waals surface area contributed by atoms with E-state index in [1.54, 1.807) is 11.3 Å². The van der Waals surface area contributed by atoms with Crippen molar-refractivity contribution in [3.63, 3.8) is 0 Å². The number of halogens is 1. The number of thiophene rings is 1. The normalized spacial score (nSPS) is 16.4. The molecular formula is C25H29FN4S2. The highest BCUT2D eigenvalue weighted by Gasteiger charge is 2.30. The quantitative estimate of drug-likeness (QED) is 0.471. The summed E-state index contributed by atoms with van der Waals surface area (Å²) >= 11 is 7.42. The first-order valence-electron chi connectivity index (χ1n) is 10.9. The number of piperazine rings is 1. The molecule has 2 heterocycles. The Kier molecular flexibility index (Phi) is 7.40. The maximum Gasteiger partial charge on any atom is 0.171 e. The SMILES string of the molecule is Cc1ccccc1NC(=S)N[C@H](C)[C@H](c1cccs1)N1CCN(c2ccc(F)cc2)CC1. The van der Waals surface area contributed by atoms with Gasteiger partial charge in [-0.05, 0) is 73.4 Å². The highest BCUT2D eigenvalue weighted by molar-refractivity contribution is 7.80. The molecule has 0 aliphatic carbocycles. The van der Waals surface area contributed by atoms with Crippen LogP contribution in [-0.4, -0.2) is 42.2 Å². The molecule has 168 valence electrons. The van der Waals surface area contributed by atoms with E-state index in [-0.39, 0.29) is 17.9 Å². The molecule has 2 N–H and O–H groups in total. The predicted octanol–water partition coefficient (Wildman–Crippen LogP) is 5.43. The summed E-state index contributed by atoms with van der Waals surface area (Å²) in [6.45, 7) is 7.96. The highest BCUT2D eigenvalue weighted by Crippen LogP contribution is 2.30. The van der Waals surface area contributed by atoms with Gasteiger partial charge in [-0.25, -0.2) is 4.39 Å². The maximum atomic E-state index is 13.3. The van der Waals surface area contributed by atoms with Crippen LogP contribution in [0.1, 0.15) is 23.4 Å². The van der Waals surface area contributed by atoms with Crippen LogP contribution in [-0.2, 0) is 0 Å². The van der Waals surface area contributed by atoms with Gasteiger partial charge in [-0.1, -0.05) is 24.3 Å². The summed E-state index contributed by atoms with van der Waals surface area (Å²) in [5.41, 5.74) is 3.27. The zero-order chi connectivity index (χ0) is 22.5. The van der Waals surface area contributed by atoms with Crippen molar-refractivity contribution < 1.29 is 4.39 Å². The molecule has 0 unspecified atom stereocenters. The minimum absolute atomic E-state index is 0.134. The van der Waals surface area contributed by atoms with E-state index < -0.39 is 0 Å². The molecule has 1 aliphatic heterocycles. The molecule has 4 nitrogen and oxygen atoms in total. The molecule has 7 heteroatoms. The fourth-order valence-corrected chi connectivity index (χ4v) is 5.53. The van der Waals surface area contributed by atoms with Gasteiger partial charge in [-0.2, -0.15) is 0 Å². The molecular weight excluding hydrogens is 439 g/mol. The number of nitrogens with zero attached hydrogens (tertiary/aromatic N) is 2. The van der Waals surface area contributed by atoms with Gasteiger partial charge >= 0.3 is 0 Å². The number of benzene rings is 2. The van der Waals surface area contributed by atoms with E-state index in [1.807, 2.05) is 30.3 Å². The molecule has 32 heavy (non-hydrogen) atoms. The number of aryl methyl sites for hydroxylation is 1. The lowest BCUT2D eigenvalue weighted by molar-refractivity contribution is 0.163. The largest absolute Gasteiger partial charge is 0.369 e. The molecule has 1 aromatic heterocycles. The molecule has 0 radical (unpaired) electrons. The van der Waals surface area contributed by atoms with Crippen molar-refractivity contribution in [3.8, 4) is 0 Å². The van der Waals surface area contributed by atoms with Crippen LogP contribution in [0.25, 0.3) is 0 Å². The molecule has 3 aromatic rings. The van der Waals surface area contributed by atoms with Crippen molar-refractivity contribution in [2.24, 2.45) is 0 Å². The lowest BCUT2D eigenvalue weighted by atomic mass is 10.0. The Hall–Kier alpha value is -2.48. The average molecular weight is 469 g/mol. The van der Waals surface area contributed by atoms with Crippen LogP contribution in [0.15, 0.2) is 66.0 Å². The number of hydrogen-bond donors (Lipinski definition) is 2. The summed E-state index contributed by atoms with van der Waals surface area (Å²) in [6, 6.07) is 19.6. The van der Waals surface area contributed by atoms with E-state index in [4.69, 9.17) is 12.2 Å². The van der Waals surface area contributed by atoms with Crippen LogP contribution in [0.2, 0.25) is 0 Å². The van der Waals surface area contributed by atoms with Crippen LogP contribution in [0.3, 0.4) is 0 Å². The molecule has 1 saturated heterocycles. The van der Waals surface area contributed by atoms with Crippen LogP contribution >= 0.6 is 23.6 Å². The molecule has 0 bridgehead atoms. The molecule has 1 fully saturated rings. The first-order chi connectivity index (χ1) is 15.5. The van der Waals surface area contributed by atoms with Crippen molar-refractivity contribution in [3.05, 3.63) is 82.3 Å². The third kappa shape index (κ3) is 5.46. The predicted molar refractivity (Wildman–Crippen MR) is 137 cm³/mol. The number of rotatable bonds is 6. The summed E-state index contributed by atoms with van der Waals surface area (Å²) in [7, 11) is 0. The zero-order valence-electron chi connectivity index (χ0n) is 18.4. The minimum atomic E-state index is -0.194. The van der Waals surface area contributed by atoms with Crippen molar-refractivity contribution >= 4 is 40.0 Å². The Morgan fingerprint density at radius 2 is 1.72 bits per heavy atom. The van der Waals surface area contributed by atoms with Crippen LogP contribution < -0.4 is 15.5 Å². The van der Waals surface area contributed by atoms with Crippen LogP contribution in [0, 0.1) is 12.7 Å². The standard InChI is InChI=1S/C25H29FN4S2/c1-18-6-3-4-7-22(18)28-25(31)27-19(2)24(23-8-5-17-32-23)30-15-13-29(14-16-30)21-11-9-20(26)10-12-21/h3-12,17,19,24H,13-16H2,1-2H3,(H2,27,28,31)/t19-,24-/m1/s1. The second-order valence-electron chi connectivity index (χ2n) is 8.16. The number of nitrogens with one attached hydrogen (secondary N) is 2. The Morgan fingerprint density at radius 1 is 1.00 bits per heavy atom.